The zero-order chi connectivity index (χ0) is 12.1. The molecular weight excluding hydrogens is 234 g/mol. The van der Waals surface area contributed by atoms with Crippen LogP contribution in [0.3, 0.4) is 0 Å². The number of benzene rings is 1. The summed E-state index contributed by atoms with van der Waals surface area (Å²) in [5.41, 5.74) is 1.56. The summed E-state index contributed by atoms with van der Waals surface area (Å²) in [7, 11) is 0. The van der Waals surface area contributed by atoms with Crippen LogP contribution in [0.1, 0.15) is 28.8 Å². The van der Waals surface area contributed by atoms with Crippen LogP contribution in [0.2, 0.25) is 0 Å². The number of carboxylic acids is 1. The summed E-state index contributed by atoms with van der Waals surface area (Å²) in [5.74, 6) is 0.104. The molecule has 1 aromatic rings. The molecule has 0 saturated carbocycles. The predicted octanol–water partition coefficient (Wildman–Crippen LogP) is 2.37. The molecule has 1 aliphatic heterocycles. The SMILES string of the molecule is O=C(O)c1ccc(CSC2CCCNC2)cc1. The summed E-state index contributed by atoms with van der Waals surface area (Å²) in [6.07, 6.45) is 2.54. The van der Waals surface area contributed by atoms with Crippen LogP contribution in [0.15, 0.2) is 24.3 Å². The van der Waals surface area contributed by atoms with Crippen molar-refractivity contribution < 1.29 is 9.90 Å². The Morgan fingerprint density at radius 2 is 2.18 bits per heavy atom. The second-order valence-electron chi connectivity index (χ2n) is 4.28. The Morgan fingerprint density at radius 3 is 2.76 bits per heavy atom. The molecule has 2 rings (SSSR count). The first kappa shape index (κ1) is 12.5. The van der Waals surface area contributed by atoms with Gasteiger partial charge in [-0.3, -0.25) is 0 Å². The molecule has 0 aliphatic carbocycles. The Hall–Kier alpha value is -1.00. The Morgan fingerprint density at radius 1 is 1.41 bits per heavy atom. The molecule has 1 unspecified atom stereocenters. The molecular formula is C13H17NO2S. The maximum atomic E-state index is 10.7. The van der Waals surface area contributed by atoms with Crippen molar-refractivity contribution in [2.75, 3.05) is 13.1 Å². The summed E-state index contributed by atoms with van der Waals surface area (Å²) < 4.78 is 0. The van der Waals surface area contributed by atoms with Gasteiger partial charge in [0.25, 0.3) is 0 Å². The minimum atomic E-state index is -0.860. The van der Waals surface area contributed by atoms with E-state index in [1.165, 1.54) is 18.4 Å². The number of thioether (sulfide) groups is 1. The van der Waals surface area contributed by atoms with E-state index in [2.05, 4.69) is 5.32 Å². The quantitative estimate of drug-likeness (QED) is 0.862. The van der Waals surface area contributed by atoms with E-state index in [1.54, 1.807) is 12.1 Å². The summed E-state index contributed by atoms with van der Waals surface area (Å²) in [4.78, 5) is 10.7. The molecule has 17 heavy (non-hydrogen) atoms. The van der Waals surface area contributed by atoms with Crippen LogP contribution in [0.5, 0.6) is 0 Å². The van der Waals surface area contributed by atoms with Gasteiger partial charge in [-0.1, -0.05) is 12.1 Å². The fourth-order valence-electron chi connectivity index (χ4n) is 1.92. The van der Waals surface area contributed by atoms with Gasteiger partial charge in [-0.25, -0.2) is 4.79 Å². The highest BCUT2D eigenvalue weighted by molar-refractivity contribution is 7.99. The van der Waals surface area contributed by atoms with E-state index in [0.717, 1.165) is 18.8 Å². The van der Waals surface area contributed by atoms with E-state index < -0.39 is 5.97 Å². The van der Waals surface area contributed by atoms with Crippen LogP contribution < -0.4 is 5.32 Å². The number of piperidine rings is 1. The van der Waals surface area contributed by atoms with Gasteiger partial charge in [-0.05, 0) is 37.1 Å². The van der Waals surface area contributed by atoms with E-state index >= 15 is 0 Å². The van der Waals surface area contributed by atoms with E-state index in [1.807, 2.05) is 23.9 Å². The standard InChI is InChI=1S/C13H17NO2S/c15-13(16)11-5-3-10(4-6-11)9-17-12-2-1-7-14-8-12/h3-6,12,14H,1-2,7-9H2,(H,15,16). The molecule has 0 aromatic heterocycles. The van der Waals surface area contributed by atoms with E-state index in [4.69, 9.17) is 5.11 Å². The highest BCUT2D eigenvalue weighted by Gasteiger charge is 2.13. The molecule has 0 radical (unpaired) electrons. The zero-order valence-corrected chi connectivity index (χ0v) is 10.5. The lowest BCUT2D eigenvalue weighted by Gasteiger charge is -2.22. The highest BCUT2D eigenvalue weighted by atomic mass is 32.2. The Balaban J connectivity index is 1.84. The van der Waals surface area contributed by atoms with Crippen molar-refractivity contribution in [1.82, 2.24) is 5.32 Å². The van der Waals surface area contributed by atoms with Crippen molar-refractivity contribution in [3.63, 3.8) is 0 Å². The fourth-order valence-corrected chi connectivity index (χ4v) is 3.11. The first-order chi connectivity index (χ1) is 8.25. The van der Waals surface area contributed by atoms with Gasteiger partial charge in [0, 0.05) is 17.5 Å². The topological polar surface area (TPSA) is 49.3 Å². The first-order valence-corrected chi connectivity index (χ1v) is 6.95. The molecule has 4 heteroatoms. The minimum absolute atomic E-state index is 0.359. The average Bonchev–Trinajstić information content (AvgIpc) is 2.38. The number of carboxylic acid groups (broad SMARTS) is 1. The molecule has 0 bridgehead atoms. The van der Waals surface area contributed by atoms with Crippen molar-refractivity contribution in [2.45, 2.75) is 23.8 Å². The van der Waals surface area contributed by atoms with Crippen LogP contribution >= 0.6 is 11.8 Å². The van der Waals surface area contributed by atoms with Crippen molar-refractivity contribution in [3.8, 4) is 0 Å². The molecule has 92 valence electrons. The average molecular weight is 251 g/mol. The fraction of sp³-hybridized carbons (Fsp3) is 0.462. The molecule has 1 aromatic carbocycles. The third-order valence-electron chi connectivity index (χ3n) is 2.94. The summed E-state index contributed by atoms with van der Waals surface area (Å²) >= 11 is 1.95. The van der Waals surface area contributed by atoms with Gasteiger partial charge >= 0.3 is 5.97 Å². The van der Waals surface area contributed by atoms with Gasteiger partial charge in [0.2, 0.25) is 0 Å². The summed E-state index contributed by atoms with van der Waals surface area (Å²) in [5, 5.41) is 12.9. The molecule has 1 heterocycles. The van der Waals surface area contributed by atoms with Gasteiger partial charge in [0.1, 0.15) is 0 Å². The molecule has 1 atom stereocenters. The minimum Gasteiger partial charge on any atom is -0.478 e. The summed E-state index contributed by atoms with van der Waals surface area (Å²) in [6.45, 7) is 2.24. The maximum absolute atomic E-state index is 10.7. The number of aromatic carboxylic acids is 1. The largest absolute Gasteiger partial charge is 0.478 e. The van der Waals surface area contributed by atoms with Crippen LogP contribution in [-0.2, 0) is 5.75 Å². The van der Waals surface area contributed by atoms with Crippen molar-refractivity contribution in [3.05, 3.63) is 35.4 Å². The van der Waals surface area contributed by atoms with Gasteiger partial charge in [-0.15, -0.1) is 0 Å². The first-order valence-electron chi connectivity index (χ1n) is 5.90. The second-order valence-corrected chi connectivity index (χ2v) is 5.57. The van der Waals surface area contributed by atoms with Gasteiger partial charge < -0.3 is 10.4 Å². The van der Waals surface area contributed by atoms with Gasteiger partial charge in [0.05, 0.1) is 5.56 Å². The molecule has 1 saturated heterocycles. The predicted molar refractivity (Wildman–Crippen MR) is 70.6 cm³/mol. The number of hydrogen-bond acceptors (Lipinski definition) is 3. The lowest BCUT2D eigenvalue weighted by Crippen LogP contribution is -2.31. The van der Waals surface area contributed by atoms with Crippen LogP contribution in [0.4, 0.5) is 0 Å². The van der Waals surface area contributed by atoms with Crippen LogP contribution in [0.25, 0.3) is 0 Å². The van der Waals surface area contributed by atoms with Crippen molar-refractivity contribution in [2.24, 2.45) is 0 Å². The molecule has 1 aliphatic rings. The lowest BCUT2D eigenvalue weighted by molar-refractivity contribution is 0.0697. The number of rotatable bonds is 4. The molecule has 1 fully saturated rings. The number of carbonyl (C=O) groups is 1. The Kier molecular flexibility index (Phi) is 4.45. The lowest BCUT2D eigenvalue weighted by atomic mass is 10.1. The van der Waals surface area contributed by atoms with Gasteiger partial charge in [0.15, 0.2) is 0 Å². The second kappa shape index (κ2) is 6.07. The van der Waals surface area contributed by atoms with E-state index in [0.29, 0.717) is 10.8 Å². The highest BCUT2D eigenvalue weighted by Crippen LogP contribution is 2.22. The third-order valence-corrected chi connectivity index (χ3v) is 4.31. The monoisotopic (exact) mass is 251 g/mol. The Bertz CT molecular complexity index is 372. The van der Waals surface area contributed by atoms with Crippen LogP contribution in [-0.4, -0.2) is 29.4 Å². The molecule has 0 amide bonds. The maximum Gasteiger partial charge on any atom is 0.335 e. The Labute approximate surface area is 106 Å². The smallest absolute Gasteiger partial charge is 0.335 e. The number of nitrogens with one attached hydrogen (secondary N) is 1. The zero-order valence-electron chi connectivity index (χ0n) is 9.69. The summed E-state index contributed by atoms with van der Waals surface area (Å²) in [6, 6.07) is 7.17. The molecule has 2 N–H and O–H groups in total. The van der Waals surface area contributed by atoms with Gasteiger partial charge in [-0.2, -0.15) is 11.8 Å². The van der Waals surface area contributed by atoms with E-state index in [-0.39, 0.29) is 0 Å². The van der Waals surface area contributed by atoms with Crippen LogP contribution in [0, 0.1) is 0 Å². The normalized spacial score (nSPS) is 20.1. The number of hydrogen-bond donors (Lipinski definition) is 2. The van der Waals surface area contributed by atoms with Crippen molar-refractivity contribution in [1.29, 1.82) is 0 Å². The third kappa shape index (κ3) is 3.75. The molecule has 0 spiro atoms. The molecule has 3 nitrogen and oxygen atoms in total. The van der Waals surface area contributed by atoms with Crippen molar-refractivity contribution >= 4 is 17.7 Å². The van der Waals surface area contributed by atoms with E-state index in [9.17, 15) is 4.79 Å².